The molecule has 1 aromatic rings. The SMILES string of the molecule is CC(NC(=O)N1CC(n2cc(C(=O)O)nn2)C1)C(C)(C)C. The summed E-state index contributed by atoms with van der Waals surface area (Å²) >= 11 is 0. The quantitative estimate of drug-likeness (QED) is 0.865. The van der Waals surface area contributed by atoms with Crippen molar-refractivity contribution in [2.45, 2.75) is 39.8 Å². The number of carboxylic acids is 1. The molecule has 1 saturated heterocycles. The largest absolute Gasteiger partial charge is 0.476 e. The maximum absolute atomic E-state index is 12.0. The van der Waals surface area contributed by atoms with Crippen molar-refractivity contribution in [3.05, 3.63) is 11.9 Å². The van der Waals surface area contributed by atoms with E-state index >= 15 is 0 Å². The molecule has 2 heterocycles. The number of aromatic carboxylic acids is 1. The fraction of sp³-hybridized carbons (Fsp3) is 0.692. The van der Waals surface area contributed by atoms with Crippen LogP contribution in [0.2, 0.25) is 0 Å². The molecule has 0 bridgehead atoms. The molecule has 0 aliphatic carbocycles. The molecule has 1 aliphatic rings. The van der Waals surface area contributed by atoms with Gasteiger partial charge in [-0.15, -0.1) is 5.10 Å². The fourth-order valence-corrected chi connectivity index (χ4v) is 1.83. The van der Waals surface area contributed by atoms with E-state index < -0.39 is 5.97 Å². The Morgan fingerprint density at radius 2 is 2.05 bits per heavy atom. The Labute approximate surface area is 123 Å². The average molecular weight is 295 g/mol. The van der Waals surface area contributed by atoms with E-state index in [4.69, 9.17) is 5.11 Å². The lowest BCUT2D eigenvalue weighted by Gasteiger charge is -2.40. The zero-order valence-electron chi connectivity index (χ0n) is 12.7. The van der Waals surface area contributed by atoms with Crippen molar-refractivity contribution in [1.29, 1.82) is 0 Å². The lowest BCUT2D eigenvalue weighted by atomic mass is 9.88. The van der Waals surface area contributed by atoms with Crippen LogP contribution in [0.3, 0.4) is 0 Å². The van der Waals surface area contributed by atoms with Gasteiger partial charge in [0.1, 0.15) is 0 Å². The van der Waals surface area contributed by atoms with Crippen molar-refractivity contribution >= 4 is 12.0 Å². The Hall–Kier alpha value is -2.12. The number of rotatable bonds is 3. The van der Waals surface area contributed by atoms with Gasteiger partial charge in [0.15, 0.2) is 5.69 Å². The highest BCUT2D eigenvalue weighted by Crippen LogP contribution is 2.22. The summed E-state index contributed by atoms with van der Waals surface area (Å²) in [5, 5.41) is 19.1. The molecule has 0 radical (unpaired) electrons. The van der Waals surface area contributed by atoms with E-state index in [0.29, 0.717) is 13.1 Å². The molecule has 8 nitrogen and oxygen atoms in total. The molecule has 2 rings (SSSR count). The van der Waals surface area contributed by atoms with Crippen molar-refractivity contribution < 1.29 is 14.7 Å². The van der Waals surface area contributed by atoms with Crippen LogP contribution in [0.25, 0.3) is 0 Å². The van der Waals surface area contributed by atoms with Gasteiger partial charge < -0.3 is 15.3 Å². The number of carboxylic acid groups (broad SMARTS) is 1. The zero-order valence-corrected chi connectivity index (χ0v) is 12.7. The van der Waals surface area contributed by atoms with Crippen LogP contribution in [0.1, 0.15) is 44.2 Å². The van der Waals surface area contributed by atoms with Crippen LogP contribution < -0.4 is 5.32 Å². The molecule has 1 atom stereocenters. The molecule has 0 saturated carbocycles. The molecule has 2 N–H and O–H groups in total. The first-order valence-electron chi connectivity index (χ1n) is 6.89. The highest BCUT2D eigenvalue weighted by atomic mass is 16.4. The Balaban J connectivity index is 1.85. The van der Waals surface area contributed by atoms with Crippen molar-refractivity contribution in [2.24, 2.45) is 5.41 Å². The van der Waals surface area contributed by atoms with Gasteiger partial charge in [-0.05, 0) is 12.3 Å². The van der Waals surface area contributed by atoms with Crippen LogP contribution in [0.5, 0.6) is 0 Å². The summed E-state index contributed by atoms with van der Waals surface area (Å²) in [5.74, 6) is -1.10. The number of hydrogen-bond donors (Lipinski definition) is 2. The summed E-state index contributed by atoms with van der Waals surface area (Å²) in [6, 6.07) is -0.0532. The number of amides is 2. The van der Waals surface area contributed by atoms with Gasteiger partial charge in [0.2, 0.25) is 0 Å². The van der Waals surface area contributed by atoms with E-state index in [-0.39, 0.29) is 29.2 Å². The number of carbonyl (C=O) groups excluding carboxylic acids is 1. The van der Waals surface area contributed by atoms with Gasteiger partial charge in [0.05, 0.1) is 12.2 Å². The summed E-state index contributed by atoms with van der Waals surface area (Å²) in [7, 11) is 0. The second-order valence-corrected chi connectivity index (χ2v) is 6.48. The average Bonchev–Trinajstić information content (AvgIpc) is 2.74. The van der Waals surface area contributed by atoms with E-state index in [1.807, 2.05) is 6.92 Å². The lowest BCUT2D eigenvalue weighted by molar-refractivity contribution is 0.0690. The van der Waals surface area contributed by atoms with Crippen molar-refractivity contribution in [3.63, 3.8) is 0 Å². The van der Waals surface area contributed by atoms with Crippen LogP contribution >= 0.6 is 0 Å². The number of nitrogens with zero attached hydrogens (tertiary/aromatic N) is 4. The summed E-state index contributed by atoms with van der Waals surface area (Å²) in [4.78, 5) is 24.5. The third-order valence-electron chi connectivity index (χ3n) is 3.89. The second-order valence-electron chi connectivity index (χ2n) is 6.48. The molecule has 1 unspecified atom stereocenters. The Morgan fingerprint density at radius 3 is 2.52 bits per heavy atom. The molecule has 8 heteroatoms. The van der Waals surface area contributed by atoms with Crippen molar-refractivity contribution in [3.8, 4) is 0 Å². The molecular weight excluding hydrogens is 274 g/mol. The summed E-state index contributed by atoms with van der Waals surface area (Å²) < 4.78 is 1.50. The fourth-order valence-electron chi connectivity index (χ4n) is 1.83. The van der Waals surface area contributed by atoms with Gasteiger partial charge >= 0.3 is 12.0 Å². The summed E-state index contributed by atoms with van der Waals surface area (Å²) in [6.07, 6.45) is 1.39. The number of aromatic nitrogens is 3. The van der Waals surface area contributed by atoms with Gasteiger partial charge in [-0.1, -0.05) is 26.0 Å². The Morgan fingerprint density at radius 1 is 1.43 bits per heavy atom. The third-order valence-corrected chi connectivity index (χ3v) is 3.89. The Bertz CT molecular complexity index is 542. The minimum atomic E-state index is -1.10. The van der Waals surface area contributed by atoms with Crippen molar-refractivity contribution in [1.82, 2.24) is 25.2 Å². The maximum atomic E-state index is 12.0. The minimum absolute atomic E-state index is 0.00220. The molecule has 116 valence electrons. The number of nitrogens with one attached hydrogen (secondary N) is 1. The van der Waals surface area contributed by atoms with E-state index in [9.17, 15) is 9.59 Å². The standard InChI is InChI=1S/C13H21N5O3/c1-8(13(2,3)4)14-12(21)17-5-9(6-17)18-7-10(11(19)20)15-16-18/h7-9H,5-6H2,1-4H3,(H,14,21)(H,19,20). The van der Waals surface area contributed by atoms with Crippen LogP contribution in [-0.2, 0) is 0 Å². The van der Waals surface area contributed by atoms with E-state index in [1.54, 1.807) is 4.90 Å². The number of carbonyl (C=O) groups is 2. The van der Waals surface area contributed by atoms with Crippen LogP contribution in [0.15, 0.2) is 6.20 Å². The predicted octanol–water partition coefficient (Wildman–Crippen LogP) is 0.977. The molecular formula is C13H21N5O3. The molecule has 0 aromatic carbocycles. The van der Waals surface area contributed by atoms with Gasteiger partial charge in [0.25, 0.3) is 0 Å². The van der Waals surface area contributed by atoms with E-state index in [2.05, 4.69) is 36.4 Å². The summed E-state index contributed by atoms with van der Waals surface area (Å²) in [6.45, 7) is 9.20. The topological polar surface area (TPSA) is 100 Å². The van der Waals surface area contributed by atoms with Gasteiger partial charge in [-0.2, -0.15) is 0 Å². The van der Waals surface area contributed by atoms with Gasteiger partial charge in [0, 0.05) is 19.1 Å². The van der Waals surface area contributed by atoms with Crippen LogP contribution in [0, 0.1) is 5.41 Å². The second kappa shape index (κ2) is 5.34. The highest BCUT2D eigenvalue weighted by Gasteiger charge is 2.34. The van der Waals surface area contributed by atoms with E-state index in [1.165, 1.54) is 10.9 Å². The molecule has 1 fully saturated rings. The number of likely N-dealkylation sites (tertiary alicyclic amines) is 1. The van der Waals surface area contributed by atoms with Crippen LogP contribution in [-0.4, -0.2) is 56.1 Å². The monoisotopic (exact) mass is 295 g/mol. The van der Waals surface area contributed by atoms with Gasteiger partial charge in [-0.3, -0.25) is 0 Å². The van der Waals surface area contributed by atoms with E-state index in [0.717, 1.165) is 0 Å². The van der Waals surface area contributed by atoms with Gasteiger partial charge in [-0.25, -0.2) is 14.3 Å². The zero-order chi connectivity index (χ0) is 15.8. The minimum Gasteiger partial charge on any atom is -0.476 e. The molecule has 1 aromatic heterocycles. The molecule has 0 spiro atoms. The number of urea groups is 1. The first-order valence-corrected chi connectivity index (χ1v) is 6.89. The lowest BCUT2D eigenvalue weighted by Crippen LogP contribution is -2.57. The number of hydrogen-bond acceptors (Lipinski definition) is 4. The highest BCUT2D eigenvalue weighted by molar-refractivity contribution is 5.84. The molecule has 2 amide bonds. The van der Waals surface area contributed by atoms with Crippen LogP contribution in [0.4, 0.5) is 4.79 Å². The predicted molar refractivity (Wildman–Crippen MR) is 75.0 cm³/mol. The third kappa shape index (κ3) is 3.32. The van der Waals surface area contributed by atoms with Crippen molar-refractivity contribution in [2.75, 3.05) is 13.1 Å². The molecule has 21 heavy (non-hydrogen) atoms. The molecule has 1 aliphatic heterocycles. The first-order chi connectivity index (χ1) is 9.68. The Kier molecular flexibility index (Phi) is 3.89. The normalized spacial score (nSPS) is 17.2. The maximum Gasteiger partial charge on any atom is 0.358 e. The summed E-state index contributed by atoms with van der Waals surface area (Å²) in [5.41, 5.74) is -0.0818. The smallest absolute Gasteiger partial charge is 0.358 e. The first kappa shape index (κ1) is 15.3.